The third-order valence-corrected chi connectivity index (χ3v) is 7.65. The lowest BCUT2D eigenvalue weighted by atomic mass is 9.98. The maximum absolute atomic E-state index is 10.7. The molecular formula is C37H43NO5. The number of hydrogen-bond donors (Lipinski definition) is 1. The lowest BCUT2D eigenvalue weighted by molar-refractivity contribution is -0.384. The summed E-state index contributed by atoms with van der Waals surface area (Å²) in [4.78, 5) is 10.3. The van der Waals surface area contributed by atoms with Gasteiger partial charge in [0.2, 0.25) is 0 Å². The Morgan fingerprint density at radius 1 is 0.535 bits per heavy atom. The van der Waals surface area contributed by atoms with Crippen LogP contribution in [0.15, 0.2) is 103 Å². The van der Waals surface area contributed by atoms with E-state index in [0.717, 1.165) is 53.9 Å². The van der Waals surface area contributed by atoms with Crippen LogP contribution in [0.1, 0.15) is 81.4 Å². The second-order valence-electron chi connectivity index (χ2n) is 10.9. The molecule has 0 radical (unpaired) electrons. The van der Waals surface area contributed by atoms with E-state index in [0.29, 0.717) is 12.4 Å². The third kappa shape index (κ3) is 10.9. The molecule has 0 aliphatic rings. The molecule has 226 valence electrons. The SMILES string of the molecule is O=[N+]([O-])c1ccc(OCCCCCCCCCCCCOc2ccc(-c3ccc(C(O)c4ccccc4)cc3)cc2)cc1. The van der Waals surface area contributed by atoms with Gasteiger partial charge in [-0.1, -0.05) is 118 Å². The van der Waals surface area contributed by atoms with E-state index in [2.05, 4.69) is 24.3 Å². The van der Waals surface area contributed by atoms with Crippen molar-refractivity contribution in [2.45, 2.75) is 70.3 Å². The van der Waals surface area contributed by atoms with Gasteiger partial charge in [0.25, 0.3) is 5.69 Å². The number of benzene rings is 4. The average Bonchev–Trinajstić information content (AvgIpc) is 3.05. The minimum Gasteiger partial charge on any atom is -0.494 e. The Morgan fingerprint density at radius 3 is 1.40 bits per heavy atom. The molecule has 6 heteroatoms. The molecule has 0 fully saturated rings. The first-order valence-electron chi connectivity index (χ1n) is 15.5. The van der Waals surface area contributed by atoms with Gasteiger partial charge < -0.3 is 14.6 Å². The van der Waals surface area contributed by atoms with E-state index in [9.17, 15) is 15.2 Å². The predicted octanol–water partition coefficient (Wildman–Crippen LogP) is 9.70. The van der Waals surface area contributed by atoms with Gasteiger partial charge in [-0.3, -0.25) is 10.1 Å². The summed E-state index contributed by atoms with van der Waals surface area (Å²) in [6.45, 7) is 1.40. The maximum Gasteiger partial charge on any atom is 0.269 e. The van der Waals surface area contributed by atoms with Crippen molar-refractivity contribution in [2.24, 2.45) is 0 Å². The van der Waals surface area contributed by atoms with Gasteiger partial charge in [-0.15, -0.1) is 0 Å². The highest BCUT2D eigenvalue weighted by Gasteiger charge is 2.10. The van der Waals surface area contributed by atoms with Crippen LogP contribution in [-0.4, -0.2) is 23.2 Å². The van der Waals surface area contributed by atoms with E-state index < -0.39 is 11.0 Å². The standard InChI is InChI=1S/C37H43NO5/c39-37(32-14-10-9-11-15-32)33-18-16-30(17-19-33)31-20-24-35(25-21-31)42-28-12-7-5-3-1-2-4-6-8-13-29-43-36-26-22-34(23-27-36)38(40)41/h9-11,14-27,37,39H,1-8,12-13,28-29H2. The van der Waals surface area contributed by atoms with E-state index in [4.69, 9.17) is 9.47 Å². The molecule has 0 aliphatic carbocycles. The van der Waals surface area contributed by atoms with Crippen LogP contribution in [0.4, 0.5) is 5.69 Å². The summed E-state index contributed by atoms with van der Waals surface area (Å²) in [6, 6.07) is 32.3. The van der Waals surface area contributed by atoms with E-state index >= 15 is 0 Å². The van der Waals surface area contributed by atoms with Crippen molar-refractivity contribution in [3.05, 3.63) is 124 Å². The Morgan fingerprint density at radius 2 is 0.930 bits per heavy atom. The van der Waals surface area contributed by atoms with Crippen LogP contribution in [0.2, 0.25) is 0 Å². The van der Waals surface area contributed by atoms with Gasteiger partial charge in [0.05, 0.1) is 18.1 Å². The van der Waals surface area contributed by atoms with Crippen LogP contribution in [-0.2, 0) is 0 Å². The summed E-state index contributed by atoms with van der Waals surface area (Å²) in [5, 5.41) is 21.3. The highest BCUT2D eigenvalue weighted by atomic mass is 16.6. The summed E-state index contributed by atoms with van der Waals surface area (Å²) in [6.07, 6.45) is 11.4. The zero-order chi connectivity index (χ0) is 30.1. The number of unbranched alkanes of at least 4 members (excludes halogenated alkanes) is 9. The number of hydrogen-bond acceptors (Lipinski definition) is 5. The number of aliphatic hydroxyl groups is 1. The zero-order valence-electron chi connectivity index (χ0n) is 24.9. The Kier molecular flexibility index (Phi) is 13.1. The number of rotatable bonds is 19. The molecule has 1 atom stereocenters. The van der Waals surface area contributed by atoms with Crippen molar-refractivity contribution < 1.29 is 19.5 Å². The van der Waals surface area contributed by atoms with Crippen molar-refractivity contribution >= 4 is 5.69 Å². The van der Waals surface area contributed by atoms with Gasteiger partial charge in [0.15, 0.2) is 0 Å². The lowest BCUT2D eigenvalue weighted by Gasteiger charge is -2.12. The first-order valence-corrected chi connectivity index (χ1v) is 15.5. The number of nitro groups is 1. The highest BCUT2D eigenvalue weighted by molar-refractivity contribution is 5.64. The van der Waals surface area contributed by atoms with Gasteiger partial charge in [0, 0.05) is 12.1 Å². The average molecular weight is 582 g/mol. The molecule has 1 unspecified atom stereocenters. The van der Waals surface area contributed by atoms with Gasteiger partial charge in [-0.25, -0.2) is 0 Å². The summed E-state index contributed by atoms with van der Waals surface area (Å²) in [5.74, 6) is 1.59. The molecule has 0 heterocycles. The normalized spacial score (nSPS) is 11.7. The Labute approximate surface area is 255 Å². The summed E-state index contributed by atoms with van der Waals surface area (Å²) < 4.78 is 11.6. The molecule has 4 aromatic rings. The minimum absolute atomic E-state index is 0.0868. The minimum atomic E-state index is -0.618. The molecule has 0 aromatic heterocycles. The van der Waals surface area contributed by atoms with Crippen molar-refractivity contribution in [2.75, 3.05) is 13.2 Å². The zero-order valence-corrected chi connectivity index (χ0v) is 24.9. The lowest BCUT2D eigenvalue weighted by Crippen LogP contribution is -1.99. The highest BCUT2D eigenvalue weighted by Crippen LogP contribution is 2.27. The number of non-ortho nitro benzene ring substituents is 1. The van der Waals surface area contributed by atoms with Gasteiger partial charge in [0.1, 0.15) is 17.6 Å². The third-order valence-electron chi connectivity index (χ3n) is 7.65. The summed E-state index contributed by atoms with van der Waals surface area (Å²) >= 11 is 0. The topological polar surface area (TPSA) is 81.8 Å². The number of nitro benzene ring substituents is 1. The quantitative estimate of drug-likeness (QED) is 0.0677. The van der Waals surface area contributed by atoms with Crippen LogP contribution in [0.5, 0.6) is 11.5 Å². The van der Waals surface area contributed by atoms with Gasteiger partial charge in [-0.05, 0) is 59.4 Å². The fraction of sp³-hybridized carbons (Fsp3) is 0.351. The van der Waals surface area contributed by atoms with Crippen molar-refractivity contribution in [1.82, 2.24) is 0 Å². The fourth-order valence-corrected chi connectivity index (χ4v) is 5.09. The van der Waals surface area contributed by atoms with Crippen molar-refractivity contribution in [3.8, 4) is 22.6 Å². The first-order chi connectivity index (χ1) is 21.1. The Balaban J connectivity index is 0.988. The number of nitrogens with zero attached hydrogens (tertiary/aromatic N) is 1. The molecule has 0 bridgehead atoms. The van der Waals surface area contributed by atoms with Crippen molar-refractivity contribution in [3.63, 3.8) is 0 Å². The van der Waals surface area contributed by atoms with Crippen LogP contribution in [0.3, 0.4) is 0 Å². The summed E-state index contributed by atoms with van der Waals surface area (Å²) in [7, 11) is 0. The van der Waals surface area contributed by atoms with Crippen LogP contribution in [0, 0.1) is 10.1 Å². The van der Waals surface area contributed by atoms with E-state index in [1.54, 1.807) is 12.1 Å². The second-order valence-corrected chi connectivity index (χ2v) is 10.9. The molecule has 0 aliphatic heterocycles. The molecule has 0 spiro atoms. The van der Waals surface area contributed by atoms with Gasteiger partial charge >= 0.3 is 0 Å². The molecule has 4 rings (SSSR count). The fourth-order valence-electron chi connectivity index (χ4n) is 5.09. The molecule has 0 saturated heterocycles. The smallest absolute Gasteiger partial charge is 0.269 e. The predicted molar refractivity (Wildman–Crippen MR) is 173 cm³/mol. The van der Waals surface area contributed by atoms with Gasteiger partial charge in [-0.2, -0.15) is 0 Å². The van der Waals surface area contributed by atoms with Crippen LogP contribution in [0.25, 0.3) is 11.1 Å². The second kappa shape index (κ2) is 17.7. The van der Waals surface area contributed by atoms with E-state index in [1.165, 1.54) is 57.1 Å². The first kappa shape index (κ1) is 31.8. The molecule has 4 aromatic carbocycles. The van der Waals surface area contributed by atoms with Crippen molar-refractivity contribution in [1.29, 1.82) is 0 Å². The molecule has 43 heavy (non-hydrogen) atoms. The molecule has 0 saturated carbocycles. The summed E-state index contributed by atoms with van der Waals surface area (Å²) in [5.41, 5.74) is 4.11. The van der Waals surface area contributed by atoms with E-state index in [-0.39, 0.29) is 5.69 Å². The Bertz CT molecular complexity index is 1340. The molecule has 0 amide bonds. The molecule has 6 nitrogen and oxygen atoms in total. The molecular weight excluding hydrogens is 538 g/mol. The molecule has 1 N–H and O–H groups in total. The maximum atomic E-state index is 10.7. The Hall–Kier alpha value is -4.16. The monoisotopic (exact) mass is 581 g/mol. The number of ether oxygens (including phenoxy) is 2. The van der Waals surface area contributed by atoms with Crippen LogP contribution >= 0.6 is 0 Å². The largest absolute Gasteiger partial charge is 0.494 e. The van der Waals surface area contributed by atoms with E-state index in [1.807, 2.05) is 54.6 Å². The number of aliphatic hydroxyl groups excluding tert-OH is 1. The van der Waals surface area contributed by atoms with Crippen LogP contribution < -0.4 is 9.47 Å².